The van der Waals surface area contributed by atoms with Crippen molar-refractivity contribution in [3.05, 3.63) is 47.6 Å². The number of hydrogen-bond donors (Lipinski definition) is 0. The number of nitrogens with zero attached hydrogens (tertiary/aromatic N) is 4. The van der Waals surface area contributed by atoms with Gasteiger partial charge >= 0.3 is 0 Å². The summed E-state index contributed by atoms with van der Waals surface area (Å²) in [4.78, 5) is 20.9. The van der Waals surface area contributed by atoms with Crippen LogP contribution in [0, 0.1) is 6.92 Å². The van der Waals surface area contributed by atoms with Crippen molar-refractivity contribution in [2.75, 3.05) is 27.2 Å². The summed E-state index contributed by atoms with van der Waals surface area (Å²) >= 11 is 0. The monoisotopic (exact) mass is 344 g/mol. The second-order valence-electron chi connectivity index (χ2n) is 6.49. The predicted octanol–water partition coefficient (Wildman–Crippen LogP) is 1.80. The zero-order valence-corrected chi connectivity index (χ0v) is 14.9. The van der Waals surface area contributed by atoms with Crippen molar-refractivity contribution in [2.24, 2.45) is 0 Å². The standard InChI is InChI=1S/C18H24N4O3/c1-13-19-18(25-20-13)16-9-15(24-3)11-22(16)17(23)12-21(2)10-14-7-5-4-6-8-14/h4-8,15-16H,9-12H2,1-3H3/t15-,16-/m1/s1. The first kappa shape index (κ1) is 17.6. The lowest BCUT2D eigenvalue weighted by molar-refractivity contribution is -0.134. The molecule has 1 aromatic heterocycles. The molecule has 0 aliphatic carbocycles. The van der Waals surface area contributed by atoms with Gasteiger partial charge in [-0.2, -0.15) is 4.98 Å². The molecule has 1 saturated heterocycles. The van der Waals surface area contributed by atoms with E-state index in [2.05, 4.69) is 22.3 Å². The highest BCUT2D eigenvalue weighted by Gasteiger charge is 2.39. The van der Waals surface area contributed by atoms with Crippen molar-refractivity contribution in [1.29, 1.82) is 0 Å². The lowest BCUT2D eigenvalue weighted by atomic mass is 10.2. The molecule has 0 saturated carbocycles. The Morgan fingerprint density at radius 2 is 2.16 bits per heavy atom. The van der Waals surface area contributed by atoms with Crippen LogP contribution in [0.25, 0.3) is 0 Å². The van der Waals surface area contributed by atoms with Crippen LogP contribution in [-0.4, -0.2) is 59.2 Å². The number of hydrogen-bond acceptors (Lipinski definition) is 6. The van der Waals surface area contributed by atoms with Gasteiger partial charge in [0.15, 0.2) is 5.82 Å². The zero-order valence-electron chi connectivity index (χ0n) is 14.9. The number of methoxy groups -OCH3 is 1. The minimum atomic E-state index is -0.219. The number of amides is 1. The quantitative estimate of drug-likeness (QED) is 0.796. The number of benzene rings is 1. The SMILES string of the molecule is CO[C@@H]1C[C@H](c2nc(C)no2)N(C(=O)CN(C)Cc2ccccc2)C1. The molecular weight excluding hydrogens is 320 g/mol. The van der Waals surface area contributed by atoms with Crippen LogP contribution in [0.4, 0.5) is 0 Å². The first-order valence-electron chi connectivity index (χ1n) is 8.41. The highest BCUT2D eigenvalue weighted by atomic mass is 16.5. The Kier molecular flexibility index (Phi) is 5.45. The van der Waals surface area contributed by atoms with E-state index in [1.165, 1.54) is 5.56 Å². The lowest BCUT2D eigenvalue weighted by Crippen LogP contribution is -2.39. The molecule has 25 heavy (non-hydrogen) atoms. The first-order chi connectivity index (χ1) is 12.1. The highest BCUT2D eigenvalue weighted by molar-refractivity contribution is 5.79. The molecule has 7 heteroatoms. The van der Waals surface area contributed by atoms with Gasteiger partial charge < -0.3 is 14.2 Å². The number of carbonyl (C=O) groups excluding carboxylic acids is 1. The van der Waals surface area contributed by atoms with Gasteiger partial charge in [-0.1, -0.05) is 35.5 Å². The summed E-state index contributed by atoms with van der Waals surface area (Å²) in [6, 6.07) is 9.89. The Hall–Kier alpha value is -2.25. The molecule has 1 aliphatic rings. The van der Waals surface area contributed by atoms with Gasteiger partial charge in [0.1, 0.15) is 6.04 Å². The smallest absolute Gasteiger partial charge is 0.249 e. The van der Waals surface area contributed by atoms with Crippen LogP contribution in [0.15, 0.2) is 34.9 Å². The van der Waals surface area contributed by atoms with Crippen molar-refractivity contribution in [1.82, 2.24) is 19.9 Å². The number of likely N-dealkylation sites (N-methyl/N-ethyl adjacent to an activating group) is 1. The van der Waals surface area contributed by atoms with E-state index >= 15 is 0 Å². The van der Waals surface area contributed by atoms with Crippen LogP contribution in [0.5, 0.6) is 0 Å². The van der Waals surface area contributed by atoms with Crippen molar-refractivity contribution in [3.63, 3.8) is 0 Å². The Labute approximate surface area is 147 Å². The lowest BCUT2D eigenvalue weighted by Gasteiger charge is -2.25. The molecule has 2 heterocycles. The van der Waals surface area contributed by atoms with Crippen molar-refractivity contribution < 1.29 is 14.1 Å². The molecule has 134 valence electrons. The molecule has 0 spiro atoms. The summed E-state index contributed by atoms with van der Waals surface area (Å²) in [5, 5.41) is 3.85. The van der Waals surface area contributed by atoms with Crippen LogP contribution in [0.2, 0.25) is 0 Å². The van der Waals surface area contributed by atoms with Crippen LogP contribution < -0.4 is 0 Å². The Balaban J connectivity index is 1.66. The topological polar surface area (TPSA) is 71.7 Å². The first-order valence-corrected chi connectivity index (χ1v) is 8.41. The molecule has 0 N–H and O–H groups in total. The summed E-state index contributed by atoms with van der Waals surface area (Å²) < 4.78 is 10.8. The van der Waals surface area contributed by atoms with Gasteiger partial charge in [-0.3, -0.25) is 9.69 Å². The Morgan fingerprint density at radius 1 is 1.40 bits per heavy atom. The van der Waals surface area contributed by atoms with Crippen molar-refractivity contribution in [3.8, 4) is 0 Å². The number of likely N-dealkylation sites (tertiary alicyclic amines) is 1. The molecule has 0 bridgehead atoms. The number of aryl methyl sites for hydroxylation is 1. The van der Waals surface area contributed by atoms with Gasteiger partial charge in [0.25, 0.3) is 0 Å². The predicted molar refractivity (Wildman–Crippen MR) is 91.7 cm³/mol. The summed E-state index contributed by atoms with van der Waals surface area (Å²) in [7, 11) is 3.61. The molecule has 1 fully saturated rings. The molecule has 1 aromatic carbocycles. The molecule has 0 unspecified atom stereocenters. The van der Waals surface area contributed by atoms with Crippen LogP contribution >= 0.6 is 0 Å². The van der Waals surface area contributed by atoms with Crippen molar-refractivity contribution >= 4 is 5.91 Å². The molecule has 7 nitrogen and oxygen atoms in total. The maximum absolute atomic E-state index is 12.8. The average Bonchev–Trinajstić information content (AvgIpc) is 3.21. The van der Waals surface area contributed by atoms with Gasteiger partial charge in [-0.05, 0) is 19.5 Å². The minimum Gasteiger partial charge on any atom is -0.380 e. The number of ether oxygens (including phenoxy) is 1. The third kappa shape index (κ3) is 4.24. The zero-order chi connectivity index (χ0) is 17.8. The van der Waals surface area contributed by atoms with E-state index in [-0.39, 0.29) is 18.1 Å². The molecule has 1 amide bonds. The van der Waals surface area contributed by atoms with E-state index in [4.69, 9.17) is 9.26 Å². The number of rotatable bonds is 6. The van der Waals surface area contributed by atoms with Gasteiger partial charge in [-0.15, -0.1) is 0 Å². The summed E-state index contributed by atoms with van der Waals surface area (Å²) in [6.07, 6.45) is 0.660. The van der Waals surface area contributed by atoms with Crippen LogP contribution in [-0.2, 0) is 16.1 Å². The normalized spacial score (nSPS) is 20.4. The fourth-order valence-electron chi connectivity index (χ4n) is 3.20. The van der Waals surface area contributed by atoms with Gasteiger partial charge in [-0.25, -0.2) is 0 Å². The maximum atomic E-state index is 12.8. The molecule has 0 radical (unpaired) electrons. The Bertz CT molecular complexity index is 703. The van der Waals surface area contributed by atoms with Crippen molar-refractivity contribution in [2.45, 2.75) is 32.0 Å². The largest absolute Gasteiger partial charge is 0.380 e. The highest BCUT2D eigenvalue weighted by Crippen LogP contribution is 2.32. The van der Waals surface area contributed by atoms with Gasteiger partial charge in [0.05, 0.1) is 12.6 Å². The molecule has 1 aliphatic heterocycles. The molecule has 2 atom stereocenters. The van der Waals surface area contributed by atoms with Crippen LogP contribution in [0.1, 0.15) is 29.7 Å². The molecule has 2 aromatic rings. The fourth-order valence-corrected chi connectivity index (χ4v) is 3.20. The molecule has 3 rings (SSSR count). The molecular formula is C18H24N4O3. The van der Waals surface area contributed by atoms with E-state index in [0.29, 0.717) is 31.2 Å². The van der Waals surface area contributed by atoms with E-state index < -0.39 is 0 Å². The van der Waals surface area contributed by atoms with Gasteiger partial charge in [0.2, 0.25) is 11.8 Å². The van der Waals surface area contributed by atoms with Gasteiger partial charge in [0, 0.05) is 26.6 Å². The summed E-state index contributed by atoms with van der Waals surface area (Å²) in [6.45, 7) is 3.36. The van der Waals surface area contributed by atoms with E-state index in [9.17, 15) is 4.79 Å². The number of carbonyl (C=O) groups is 1. The summed E-state index contributed by atoms with van der Waals surface area (Å²) in [5.41, 5.74) is 1.18. The average molecular weight is 344 g/mol. The van der Waals surface area contributed by atoms with E-state index in [1.54, 1.807) is 18.9 Å². The number of aromatic nitrogens is 2. The maximum Gasteiger partial charge on any atom is 0.249 e. The van der Waals surface area contributed by atoms with E-state index in [1.807, 2.05) is 30.1 Å². The fraction of sp³-hybridized carbons (Fsp3) is 0.500. The van der Waals surface area contributed by atoms with E-state index in [0.717, 1.165) is 6.54 Å². The Morgan fingerprint density at radius 3 is 2.80 bits per heavy atom. The second-order valence-corrected chi connectivity index (χ2v) is 6.49. The third-order valence-electron chi connectivity index (χ3n) is 4.45. The van der Waals surface area contributed by atoms with Crippen LogP contribution in [0.3, 0.4) is 0 Å². The minimum absolute atomic E-state index is 0.0133. The summed E-state index contributed by atoms with van der Waals surface area (Å²) in [5.74, 6) is 1.10. The second kappa shape index (κ2) is 7.76. The third-order valence-corrected chi connectivity index (χ3v) is 4.45.